The van der Waals surface area contributed by atoms with Gasteiger partial charge in [-0.3, -0.25) is 4.21 Å². The Hall–Kier alpha value is -1.32. The van der Waals surface area contributed by atoms with Crippen LogP contribution in [0.25, 0.3) is 0 Å². The van der Waals surface area contributed by atoms with Gasteiger partial charge in [0.15, 0.2) is 5.79 Å². The summed E-state index contributed by atoms with van der Waals surface area (Å²) in [6.45, 7) is 0.818. The molecule has 2 aromatic carbocycles. The van der Waals surface area contributed by atoms with Gasteiger partial charge in [0.05, 0.1) is 13.2 Å². The lowest BCUT2D eigenvalue weighted by atomic mass is 10.1. The summed E-state index contributed by atoms with van der Waals surface area (Å²) < 4.78 is 54.8. The zero-order valence-corrected chi connectivity index (χ0v) is 15.3. The number of benzene rings is 2. The lowest BCUT2D eigenvalue weighted by molar-refractivity contribution is -0.164. The predicted molar refractivity (Wildman–Crippen MR) is 89.7 cm³/mol. The summed E-state index contributed by atoms with van der Waals surface area (Å²) >= 11 is 0.799. The number of halogens is 2. The molecule has 1 aliphatic heterocycles. The van der Waals surface area contributed by atoms with Crippen molar-refractivity contribution in [1.29, 1.82) is 0 Å². The summed E-state index contributed by atoms with van der Waals surface area (Å²) in [5.41, 5.74) is 1.20. The second-order valence-electron chi connectivity index (χ2n) is 5.81. The molecule has 1 unspecified atom stereocenters. The molecule has 1 atom stereocenters. The Balaban J connectivity index is 1.81. The van der Waals surface area contributed by atoms with Crippen molar-refractivity contribution in [1.82, 2.24) is 0 Å². The fourth-order valence-electron chi connectivity index (χ4n) is 3.38. The van der Waals surface area contributed by atoms with Crippen molar-refractivity contribution in [3.8, 4) is 11.5 Å². The van der Waals surface area contributed by atoms with E-state index in [2.05, 4.69) is 15.9 Å². The Morgan fingerprint density at radius 2 is 2.00 bits per heavy atom. The Labute approximate surface area is 154 Å². The molecule has 0 saturated carbocycles. The van der Waals surface area contributed by atoms with Gasteiger partial charge in [0.25, 0.3) is 0 Å². The van der Waals surface area contributed by atoms with Gasteiger partial charge in [-0.05, 0) is 41.8 Å². The van der Waals surface area contributed by atoms with Crippen LogP contribution in [0.15, 0.2) is 39.7 Å². The second-order valence-corrected chi connectivity index (χ2v) is 7.63. The topological polar surface area (TPSA) is 67.8 Å². The van der Waals surface area contributed by atoms with E-state index in [4.69, 9.17) is 14.2 Å². The van der Waals surface area contributed by atoms with Crippen LogP contribution in [0.4, 0.5) is 4.39 Å². The average Bonchev–Trinajstić information content (AvgIpc) is 3.16. The largest absolute Gasteiger partial charge is 0.768 e. The first kappa shape index (κ1) is 17.1. The van der Waals surface area contributed by atoms with Crippen LogP contribution in [0.1, 0.15) is 17.5 Å². The van der Waals surface area contributed by atoms with Crippen molar-refractivity contribution in [2.24, 2.45) is 0 Å². The maximum absolute atomic E-state index is 13.6. The van der Waals surface area contributed by atoms with Gasteiger partial charge in [-0.1, -0.05) is 15.9 Å². The van der Waals surface area contributed by atoms with Gasteiger partial charge >= 0.3 is 0 Å². The van der Waals surface area contributed by atoms with Gasteiger partial charge < -0.3 is 18.8 Å². The number of hydrogen-bond donors (Lipinski definition) is 0. The van der Waals surface area contributed by atoms with Crippen molar-refractivity contribution in [2.45, 2.75) is 23.5 Å². The molecule has 1 fully saturated rings. The lowest BCUT2D eigenvalue weighted by Gasteiger charge is -2.26. The molecule has 4 rings (SSSR count). The van der Waals surface area contributed by atoms with Crippen molar-refractivity contribution >= 4 is 27.0 Å². The van der Waals surface area contributed by atoms with E-state index in [1.807, 2.05) is 0 Å². The summed E-state index contributed by atoms with van der Waals surface area (Å²) in [7, 11) is 0. The van der Waals surface area contributed by atoms with Crippen LogP contribution in [0, 0.1) is 5.82 Å². The first-order valence-corrected chi connectivity index (χ1v) is 9.53. The van der Waals surface area contributed by atoms with E-state index in [0.717, 1.165) is 0 Å². The lowest BCUT2D eigenvalue weighted by Crippen LogP contribution is -2.25. The first-order valence-electron chi connectivity index (χ1n) is 7.66. The van der Waals surface area contributed by atoms with E-state index < -0.39 is 22.7 Å². The summed E-state index contributed by atoms with van der Waals surface area (Å²) in [6.07, 6.45) is 1.06. The molecule has 1 saturated heterocycles. The van der Waals surface area contributed by atoms with Gasteiger partial charge in [0, 0.05) is 33.0 Å². The summed E-state index contributed by atoms with van der Waals surface area (Å²) in [5.74, 6) is -0.679. The summed E-state index contributed by atoms with van der Waals surface area (Å²) in [4.78, 5) is 0.141. The van der Waals surface area contributed by atoms with Gasteiger partial charge in [0.2, 0.25) is 0 Å². The molecule has 0 aromatic heterocycles. The molecule has 1 aliphatic carbocycles. The second kappa shape index (κ2) is 6.44. The van der Waals surface area contributed by atoms with E-state index in [1.54, 1.807) is 12.1 Å². The highest BCUT2D eigenvalue weighted by atomic mass is 79.9. The van der Waals surface area contributed by atoms with Gasteiger partial charge in [-0.25, -0.2) is 4.39 Å². The molecule has 0 radical (unpaired) electrons. The average molecular weight is 428 g/mol. The zero-order chi connectivity index (χ0) is 17.6. The molecule has 25 heavy (non-hydrogen) atoms. The zero-order valence-electron chi connectivity index (χ0n) is 12.9. The number of hydrogen-bond acceptors (Lipinski definition) is 5. The van der Waals surface area contributed by atoms with E-state index in [-0.39, 0.29) is 4.90 Å². The van der Waals surface area contributed by atoms with Crippen LogP contribution in [-0.2, 0) is 32.8 Å². The fourth-order valence-corrected chi connectivity index (χ4v) is 4.45. The molecular formula is C17H13BrFO5S-. The smallest absolute Gasteiger partial charge is 0.196 e. The number of ether oxygens (including phenoxy) is 3. The molecular weight excluding hydrogens is 415 g/mol. The third kappa shape index (κ3) is 3.02. The molecule has 132 valence electrons. The molecule has 0 N–H and O–H groups in total. The molecule has 2 aromatic rings. The highest BCUT2D eigenvalue weighted by molar-refractivity contribution is 9.10. The monoisotopic (exact) mass is 427 g/mol. The van der Waals surface area contributed by atoms with E-state index in [0.29, 0.717) is 53.2 Å². The molecule has 1 spiro atoms. The first-order chi connectivity index (χ1) is 12.0. The Morgan fingerprint density at radius 1 is 1.24 bits per heavy atom. The van der Waals surface area contributed by atoms with Gasteiger partial charge in [0.1, 0.15) is 17.3 Å². The molecule has 1 heterocycles. The van der Waals surface area contributed by atoms with Crippen LogP contribution in [-0.4, -0.2) is 22.0 Å². The minimum Gasteiger partial charge on any atom is -0.768 e. The fraction of sp³-hybridized carbons (Fsp3) is 0.294. The number of fused-ring (bicyclic) bond motifs is 2. The van der Waals surface area contributed by atoms with Crippen LogP contribution in [0.2, 0.25) is 0 Å². The summed E-state index contributed by atoms with van der Waals surface area (Å²) in [6, 6.07) is 7.28. The van der Waals surface area contributed by atoms with Gasteiger partial charge in [-0.15, -0.1) is 0 Å². The quantitative estimate of drug-likeness (QED) is 0.697. The van der Waals surface area contributed by atoms with Crippen LogP contribution in [0.5, 0.6) is 11.5 Å². The van der Waals surface area contributed by atoms with Crippen molar-refractivity contribution in [2.75, 3.05) is 13.2 Å². The molecule has 5 nitrogen and oxygen atoms in total. The van der Waals surface area contributed by atoms with Crippen molar-refractivity contribution < 1.29 is 27.4 Å². The molecule has 8 heteroatoms. The molecule has 0 amide bonds. The maximum atomic E-state index is 13.6. The standard InChI is InChI=1S/C17H14BrFO5S/c18-10-7-11(19)9-12(8-10)24-14-1-2-15(25(20)21)16-13(14)3-4-17(16)22-5-6-23-17/h1-2,7-9H,3-6H2,(H,20,21)/p-1. The molecule has 2 aliphatic rings. The van der Waals surface area contributed by atoms with Gasteiger partial charge in [-0.2, -0.15) is 0 Å². The van der Waals surface area contributed by atoms with E-state index >= 15 is 0 Å². The summed E-state index contributed by atoms with van der Waals surface area (Å²) in [5, 5.41) is 0. The third-order valence-electron chi connectivity index (χ3n) is 4.31. The normalized spacial score (nSPS) is 19.2. The predicted octanol–water partition coefficient (Wildman–Crippen LogP) is 3.76. The highest BCUT2D eigenvalue weighted by Gasteiger charge is 2.47. The van der Waals surface area contributed by atoms with Crippen LogP contribution >= 0.6 is 15.9 Å². The van der Waals surface area contributed by atoms with E-state index in [9.17, 15) is 13.2 Å². The van der Waals surface area contributed by atoms with Crippen molar-refractivity contribution in [3.63, 3.8) is 0 Å². The SMILES string of the molecule is O=S([O-])c1ccc(Oc2cc(F)cc(Br)c2)c2c1C1(CC2)OCCO1. The minimum atomic E-state index is -2.43. The Kier molecular flexibility index (Phi) is 4.41. The Bertz CT molecular complexity index is 846. The number of rotatable bonds is 3. The van der Waals surface area contributed by atoms with E-state index in [1.165, 1.54) is 18.2 Å². The van der Waals surface area contributed by atoms with Crippen LogP contribution in [0.3, 0.4) is 0 Å². The maximum Gasteiger partial charge on any atom is 0.196 e. The van der Waals surface area contributed by atoms with Crippen LogP contribution < -0.4 is 4.74 Å². The minimum absolute atomic E-state index is 0.141. The molecule has 0 bridgehead atoms. The third-order valence-corrected chi connectivity index (χ3v) is 5.47. The Morgan fingerprint density at radius 3 is 2.68 bits per heavy atom. The highest BCUT2D eigenvalue weighted by Crippen LogP contribution is 2.49. The van der Waals surface area contributed by atoms with Crippen molar-refractivity contribution in [3.05, 3.63) is 51.7 Å².